The molecule has 0 radical (unpaired) electrons. The Morgan fingerprint density at radius 2 is 2.04 bits per heavy atom. The lowest BCUT2D eigenvalue weighted by molar-refractivity contribution is -0.148. The molecule has 0 aliphatic heterocycles. The molecule has 1 amide bonds. The number of carbonyl (C=O) groups is 2. The topological polar surface area (TPSA) is 55.4 Å². The third-order valence-corrected chi connectivity index (χ3v) is 5.34. The number of fused-ring (bicyclic) bond motifs is 2. The largest absolute Gasteiger partial charge is 0.456 e. The molecule has 2 aliphatic rings. The summed E-state index contributed by atoms with van der Waals surface area (Å²) in [5.74, 6) is 1.49. The van der Waals surface area contributed by atoms with E-state index in [0.29, 0.717) is 18.3 Å². The molecule has 23 heavy (non-hydrogen) atoms. The first-order valence-corrected chi connectivity index (χ1v) is 8.54. The predicted octanol–water partition coefficient (Wildman–Crippen LogP) is 3.61. The zero-order valence-corrected chi connectivity index (χ0v) is 13.9. The Morgan fingerprint density at radius 1 is 1.22 bits per heavy atom. The molecule has 2 aliphatic carbocycles. The van der Waals surface area contributed by atoms with E-state index in [-0.39, 0.29) is 18.5 Å². The van der Waals surface area contributed by atoms with Crippen LogP contribution in [-0.4, -0.2) is 18.5 Å². The molecular weight excluding hydrogens is 290 g/mol. The molecule has 2 saturated carbocycles. The van der Waals surface area contributed by atoms with Gasteiger partial charge in [-0.3, -0.25) is 9.59 Å². The minimum Gasteiger partial charge on any atom is -0.456 e. The lowest BCUT2D eigenvalue weighted by atomic mass is 9.86. The Kier molecular flexibility index (Phi) is 4.69. The number of ether oxygens (including phenoxy) is 1. The smallest absolute Gasteiger partial charge is 0.306 e. The van der Waals surface area contributed by atoms with Crippen LogP contribution in [0, 0.1) is 31.6 Å². The van der Waals surface area contributed by atoms with Gasteiger partial charge in [-0.2, -0.15) is 0 Å². The average Bonchev–Trinajstić information content (AvgIpc) is 3.11. The number of benzene rings is 1. The van der Waals surface area contributed by atoms with Crippen molar-refractivity contribution in [3.63, 3.8) is 0 Å². The first-order chi connectivity index (χ1) is 11.0. The Bertz CT molecular complexity index is 611. The molecule has 0 aromatic heterocycles. The van der Waals surface area contributed by atoms with Gasteiger partial charge in [-0.1, -0.05) is 18.6 Å². The van der Waals surface area contributed by atoms with E-state index in [1.807, 2.05) is 32.0 Å². The maximum absolute atomic E-state index is 12.0. The quantitative estimate of drug-likeness (QED) is 0.845. The highest BCUT2D eigenvalue weighted by atomic mass is 16.5. The highest BCUT2D eigenvalue weighted by molar-refractivity contribution is 5.93. The van der Waals surface area contributed by atoms with Crippen LogP contribution in [0.2, 0.25) is 0 Å². The summed E-state index contributed by atoms with van der Waals surface area (Å²) in [6.45, 7) is 3.72. The zero-order chi connectivity index (χ0) is 16.4. The second kappa shape index (κ2) is 6.73. The van der Waals surface area contributed by atoms with Crippen molar-refractivity contribution in [2.24, 2.45) is 17.8 Å². The predicted molar refractivity (Wildman–Crippen MR) is 89.1 cm³/mol. The molecule has 0 heterocycles. The summed E-state index contributed by atoms with van der Waals surface area (Å²) in [7, 11) is 0. The summed E-state index contributed by atoms with van der Waals surface area (Å²) in [6.07, 6.45) is 5.50. The number of hydrogen-bond acceptors (Lipinski definition) is 3. The van der Waals surface area contributed by atoms with Gasteiger partial charge in [0.1, 0.15) is 0 Å². The fraction of sp³-hybridized carbons (Fsp3) is 0.579. The monoisotopic (exact) mass is 315 g/mol. The van der Waals surface area contributed by atoms with E-state index in [4.69, 9.17) is 4.74 Å². The highest BCUT2D eigenvalue weighted by Crippen LogP contribution is 2.49. The van der Waals surface area contributed by atoms with Gasteiger partial charge in [0.2, 0.25) is 0 Å². The van der Waals surface area contributed by atoms with Crippen LogP contribution in [0.25, 0.3) is 0 Å². The van der Waals surface area contributed by atoms with Gasteiger partial charge in [-0.05, 0) is 68.1 Å². The van der Waals surface area contributed by atoms with Gasteiger partial charge in [-0.25, -0.2) is 0 Å². The second-order valence-electron chi connectivity index (χ2n) is 7.17. The lowest BCUT2D eigenvalue weighted by Crippen LogP contribution is -2.23. The van der Waals surface area contributed by atoms with Gasteiger partial charge in [-0.15, -0.1) is 0 Å². The Labute approximate surface area is 137 Å². The summed E-state index contributed by atoms with van der Waals surface area (Å²) in [4.78, 5) is 23.9. The number of anilines is 1. The van der Waals surface area contributed by atoms with Crippen molar-refractivity contribution in [2.75, 3.05) is 11.9 Å². The van der Waals surface area contributed by atoms with E-state index in [0.717, 1.165) is 29.2 Å². The molecular formula is C19H25NO3. The van der Waals surface area contributed by atoms with E-state index in [2.05, 4.69) is 5.32 Å². The van der Waals surface area contributed by atoms with Gasteiger partial charge >= 0.3 is 5.97 Å². The molecule has 1 N–H and O–H groups in total. The fourth-order valence-electron chi connectivity index (χ4n) is 4.10. The van der Waals surface area contributed by atoms with Crippen molar-refractivity contribution in [1.29, 1.82) is 0 Å². The summed E-state index contributed by atoms with van der Waals surface area (Å²) in [5.41, 5.74) is 2.86. The molecule has 1 aromatic rings. The molecule has 3 rings (SSSR count). The standard InChI is InChI=1S/C19H25NO3/c1-12-3-4-13(2)17(7-12)20-18(21)11-23-19(22)10-16-9-14-5-6-15(16)8-14/h3-4,7,14-16H,5-6,8-11H2,1-2H3,(H,20,21)/t14-,15-,16-/m0/s1. The van der Waals surface area contributed by atoms with Gasteiger partial charge in [0.15, 0.2) is 6.61 Å². The number of amides is 1. The van der Waals surface area contributed by atoms with Gasteiger partial charge in [0, 0.05) is 12.1 Å². The molecule has 0 unspecified atom stereocenters. The molecule has 2 fully saturated rings. The second-order valence-corrected chi connectivity index (χ2v) is 7.17. The van der Waals surface area contributed by atoms with E-state index < -0.39 is 0 Å². The third-order valence-electron chi connectivity index (χ3n) is 5.34. The zero-order valence-electron chi connectivity index (χ0n) is 13.9. The Balaban J connectivity index is 1.43. The fourth-order valence-corrected chi connectivity index (χ4v) is 4.10. The van der Waals surface area contributed by atoms with Crippen LogP contribution in [0.3, 0.4) is 0 Å². The molecule has 0 saturated heterocycles. The number of esters is 1. The third kappa shape index (κ3) is 3.92. The number of nitrogens with one attached hydrogen (secondary N) is 1. The van der Waals surface area contributed by atoms with Crippen molar-refractivity contribution in [3.8, 4) is 0 Å². The van der Waals surface area contributed by atoms with E-state index >= 15 is 0 Å². The first-order valence-electron chi connectivity index (χ1n) is 8.54. The average molecular weight is 315 g/mol. The molecule has 0 spiro atoms. The van der Waals surface area contributed by atoms with Crippen LogP contribution in [0.1, 0.15) is 43.2 Å². The van der Waals surface area contributed by atoms with Crippen molar-refractivity contribution in [1.82, 2.24) is 0 Å². The molecule has 2 bridgehead atoms. The molecule has 3 atom stereocenters. The summed E-state index contributed by atoms with van der Waals surface area (Å²) in [6, 6.07) is 5.89. The highest BCUT2D eigenvalue weighted by Gasteiger charge is 2.40. The Hall–Kier alpha value is -1.84. The summed E-state index contributed by atoms with van der Waals surface area (Å²) < 4.78 is 5.16. The first kappa shape index (κ1) is 16.0. The van der Waals surface area contributed by atoms with Gasteiger partial charge in [0.25, 0.3) is 5.91 Å². The maximum Gasteiger partial charge on any atom is 0.306 e. The number of aryl methyl sites for hydroxylation is 2. The molecule has 4 nitrogen and oxygen atoms in total. The minimum atomic E-state index is -0.278. The van der Waals surface area contributed by atoms with Crippen molar-refractivity contribution >= 4 is 17.6 Å². The molecule has 1 aromatic carbocycles. The number of carbonyl (C=O) groups excluding carboxylic acids is 2. The number of rotatable bonds is 5. The minimum absolute atomic E-state index is 0.201. The molecule has 4 heteroatoms. The van der Waals surface area contributed by atoms with Crippen molar-refractivity contribution in [2.45, 2.75) is 46.0 Å². The van der Waals surface area contributed by atoms with Gasteiger partial charge < -0.3 is 10.1 Å². The van der Waals surface area contributed by atoms with Crippen molar-refractivity contribution < 1.29 is 14.3 Å². The molecule has 124 valence electrons. The van der Waals surface area contributed by atoms with E-state index in [1.54, 1.807) is 0 Å². The van der Waals surface area contributed by atoms with Crippen molar-refractivity contribution in [3.05, 3.63) is 29.3 Å². The van der Waals surface area contributed by atoms with Crippen LogP contribution in [0.4, 0.5) is 5.69 Å². The Morgan fingerprint density at radius 3 is 2.74 bits per heavy atom. The SMILES string of the molecule is Cc1ccc(C)c(NC(=O)COC(=O)C[C@@H]2C[C@H]3CC[C@H]2C3)c1. The van der Waals surface area contributed by atoms with Crippen LogP contribution in [0.5, 0.6) is 0 Å². The lowest BCUT2D eigenvalue weighted by Gasteiger charge is -2.20. The van der Waals surface area contributed by atoms with Crippen LogP contribution in [0.15, 0.2) is 18.2 Å². The van der Waals surface area contributed by atoms with E-state index in [9.17, 15) is 9.59 Å². The van der Waals surface area contributed by atoms with Gasteiger partial charge in [0.05, 0.1) is 0 Å². The van der Waals surface area contributed by atoms with Crippen LogP contribution < -0.4 is 5.32 Å². The summed E-state index contributed by atoms with van der Waals surface area (Å²) in [5, 5.41) is 2.81. The normalized spacial score (nSPS) is 25.4. The van der Waals surface area contributed by atoms with Crippen LogP contribution in [-0.2, 0) is 14.3 Å². The number of hydrogen-bond donors (Lipinski definition) is 1. The van der Waals surface area contributed by atoms with E-state index in [1.165, 1.54) is 19.3 Å². The maximum atomic E-state index is 12.0. The summed E-state index contributed by atoms with van der Waals surface area (Å²) >= 11 is 0. The van der Waals surface area contributed by atoms with Crippen LogP contribution >= 0.6 is 0 Å².